The van der Waals surface area contributed by atoms with Crippen LogP contribution in [0.15, 0.2) is 71.9 Å². The summed E-state index contributed by atoms with van der Waals surface area (Å²) in [5, 5.41) is 7.28. The number of carbonyl (C=O) groups is 1. The minimum atomic E-state index is -3.64. The number of nitrogens with zero attached hydrogens (tertiary/aromatic N) is 4. The summed E-state index contributed by atoms with van der Waals surface area (Å²) in [6, 6.07) is 16.0. The summed E-state index contributed by atoms with van der Waals surface area (Å²) in [6.45, 7) is 4.46. The molecule has 2 aromatic carbocycles. The van der Waals surface area contributed by atoms with E-state index in [0.29, 0.717) is 45.1 Å². The van der Waals surface area contributed by atoms with Gasteiger partial charge in [-0.05, 0) is 37.7 Å². The summed E-state index contributed by atoms with van der Waals surface area (Å²) < 4.78 is 34.4. The number of aromatic nitrogens is 2. The second kappa shape index (κ2) is 11.1. The van der Waals surface area contributed by atoms with Crippen LogP contribution >= 0.6 is 0 Å². The fourth-order valence-electron chi connectivity index (χ4n) is 3.89. The van der Waals surface area contributed by atoms with Gasteiger partial charge in [-0.2, -0.15) is 9.40 Å². The van der Waals surface area contributed by atoms with Crippen molar-refractivity contribution in [1.82, 2.24) is 19.0 Å². The average molecular weight is 498 g/mol. The molecule has 4 rings (SSSR count). The van der Waals surface area contributed by atoms with Crippen molar-refractivity contribution in [3.8, 4) is 0 Å². The first-order chi connectivity index (χ1) is 16.8. The first kappa shape index (κ1) is 25.1. The average Bonchev–Trinajstić information content (AvgIpc) is 3.31. The molecule has 1 aromatic heterocycles. The standard InChI is InChI=1S/C25H31N5O4S/c1-20(28(2)17-22-16-26-29(19-22)18-21-7-4-3-5-8-21)25(31)27-23-9-6-10-24(15-23)35(32,33)30-11-13-34-14-12-30/h3-10,15-16,19-20H,11-14,17-18H2,1-2H3,(H,27,31)/t20-/m1/s1. The number of hydrogen-bond donors (Lipinski definition) is 1. The number of ether oxygens (including phenoxy) is 1. The number of hydrogen-bond acceptors (Lipinski definition) is 6. The highest BCUT2D eigenvalue weighted by Crippen LogP contribution is 2.21. The van der Waals surface area contributed by atoms with E-state index >= 15 is 0 Å². The van der Waals surface area contributed by atoms with E-state index < -0.39 is 16.1 Å². The van der Waals surface area contributed by atoms with Gasteiger partial charge in [0.2, 0.25) is 15.9 Å². The molecule has 35 heavy (non-hydrogen) atoms. The van der Waals surface area contributed by atoms with E-state index in [0.717, 1.165) is 5.56 Å². The highest BCUT2D eigenvalue weighted by atomic mass is 32.2. The van der Waals surface area contributed by atoms with Crippen LogP contribution in [-0.4, -0.2) is 72.7 Å². The van der Waals surface area contributed by atoms with Gasteiger partial charge in [0.05, 0.1) is 36.9 Å². The molecule has 1 aliphatic heterocycles. The zero-order valence-electron chi connectivity index (χ0n) is 20.0. The van der Waals surface area contributed by atoms with Crippen LogP contribution in [-0.2, 0) is 32.6 Å². The van der Waals surface area contributed by atoms with Crippen LogP contribution in [0.5, 0.6) is 0 Å². The SMILES string of the molecule is C[C@H](C(=O)Nc1cccc(S(=O)(=O)N2CCOCC2)c1)N(C)Cc1cnn(Cc2ccccc2)c1. The highest BCUT2D eigenvalue weighted by Gasteiger charge is 2.27. The van der Waals surface area contributed by atoms with E-state index in [2.05, 4.69) is 22.5 Å². The van der Waals surface area contributed by atoms with E-state index in [4.69, 9.17) is 4.74 Å². The molecule has 1 aliphatic rings. The van der Waals surface area contributed by atoms with Crippen molar-refractivity contribution in [3.63, 3.8) is 0 Å². The number of amides is 1. The summed E-state index contributed by atoms with van der Waals surface area (Å²) in [7, 11) is -1.76. The second-order valence-corrected chi connectivity index (χ2v) is 10.6. The Morgan fingerprint density at radius 1 is 1.11 bits per heavy atom. The van der Waals surface area contributed by atoms with Gasteiger partial charge in [0.25, 0.3) is 0 Å². The molecule has 1 N–H and O–H groups in total. The van der Waals surface area contributed by atoms with Gasteiger partial charge in [-0.15, -0.1) is 0 Å². The van der Waals surface area contributed by atoms with Crippen molar-refractivity contribution < 1.29 is 17.9 Å². The normalized spacial score (nSPS) is 15.7. The molecular weight excluding hydrogens is 466 g/mol. The monoisotopic (exact) mass is 497 g/mol. The summed E-state index contributed by atoms with van der Waals surface area (Å²) >= 11 is 0. The number of benzene rings is 2. The number of anilines is 1. The van der Waals surface area contributed by atoms with Gasteiger partial charge in [-0.3, -0.25) is 14.4 Å². The summed E-state index contributed by atoms with van der Waals surface area (Å²) in [5.74, 6) is -0.218. The maximum Gasteiger partial charge on any atom is 0.243 e. The first-order valence-electron chi connectivity index (χ1n) is 11.6. The van der Waals surface area contributed by atoms with Gasteiger partial charge < -0.3 is 10.1 Å². The molecule has 10 heteroatoms. The predicted octanol–water partition coefficient (Wildman–Crippen LogP) is 2.41. The Bertz CT molecular complexity index is 1240. The smallest absolute Gasteiger partial charge is 0.243 e. The van der Waals surface area contributed by atoms with E-state index in [9.17, 15) is 13.2 Å². The fourth-order valence-corrected chi connectivity index (χ4v) is 5.34. The van der Waals surface area contributed by atoms with Crippen LogP contribution in [0.2, 0.25) is 0 Å². The molecule has 0 unspecified atom stereocenters. The Balaban J connectivity index is 1.35. The lowest BCUT2D eigenvalue weighted by atomic mass is 10.2. The van der Waals surface area contributed by atoms with Gasteiger partial charge in [0.15, 0.2) is 0 Å². The Hall–Kier alpha value is -3.05. The number of carbonyl (C=O) groups excluding carboxylic acids is 1. The lowest BCUT2D eigenvalue weighted by molar-refractivity contribution is -0.120. The summed E-state index contributed by atoms with van der Waals surface area (Å²) in [6.07, 6.45) is 3.79. The Kier molecular flexibility index (Phi) is 7.97. The minimum Gasteiger partial charge on any atom is -0.379 e. The zero-order valence-corrected chi connectivity index (χ0v) is 20.8. The van der Waals surface area contributed by atoms with Gasteiger partial charge in [0.1, 0.15) is 0 Å². The second-order valence-electron chi connectivity index (χ2n) is 8.66. The molecule has 0 aliphatic carbocycles. The van der Waals surface area contributed by atoms with Crippen LogP contribution in [0.4, 0.5) is 5.69 Å². The van der Waals surface area contributed by atoms with Crippen molar-refractivity contribution in [2.75, 3.05) is 38.7 Å². The van der Waals surface area contributed by atoms with E-state index in [1.165, 1.54) is 15.9 Å². The molecular formula is C25H31N5O4S. The molecule has 0 saturated carbocycles. The van der Waals surface area contributed by atoms with Gasteiger partial charge >= 0.3 is 0 Å². The molecule has 1 amide bonds. The van der Waals surface area contributed by atoms with Gasteiger partial charge in [0, 0.05) is 37.1 Å². The topological polar surface area (TPSA) is 96.8 Å². The van der Waals surface area contributed by atoms with Gasteiger partial charge in [-0.1, -0.05) is 36.4 Å². The molecule has 2 heterocycles. The fraction of sp³-hybridized carbons (Fsp3) is 0.360. The van der Waals surface area contributed by atoms with Crippen LogP contribution in [0.1, 0.15) is 18.1 Å². The Morgan fingerprint density at radius 2 is 1.86 bits per heavy atom. The number of nitrogens with one attached hydrogen (secondary N) is 1. The minimum absolute atomic E-state index is 0.157. The molecule has 3 aromatic rings. The third-order valence-corrected chi connectivity index (χ3v) is 7.95. The third-order valence-electron chi connectivity index (χ3n) is 6.06. The molecule has 1 fully saturated rings. The highest BCUT2D eigenvalue weighted by molar-refractivity contribution is 7.89. The number of sulfonamides is 1. The zero-order chi connectivity index (χ0) is 24.8. The van der Waals surface area contributed by atoms with Crippen LogP contribution in [0, 0.1) is 0 Å². The summed E-state index contributed by atoms with van der Waals surface area (Å²) in [5.41, 5.74) is 2.61. The predicted molar refractivity (Wildman–Crippen MR) is 133 cm³/mol. The molecule has 186 valence electrons. The number of morpholine rings is 1. The molecule has 0 radical (unpaired) electrons. The van der Waals surface area contributed by atoms with Gasteiger partial charge in [-0.25, -0.2) is 8.42 Å². The first-order valence-corrected chi connectivity index (χ1v) is 13.0. The van der Waals surface area contributed by atoms with Crippen LogP contribution < -0.4 is 5.32 Å². The van der Waals surface area contributed by atoms with Crippen molar-refractivity contribution in [2.24, 2.45) is 0 Å². The molecule has 0 spiro atoms. The van der Waals surface area contributed by atoms with E-state index in [1.807, 2.05) is 54.1 Å². The van der Waals surface area contributed by atoms with E-state index in [1.54, 1.807) is 18.2 Å². The Labute approximate surface area is 206 Å². The van der Waals surface area contributed by atoms with Crippen molar-refractivity contribution >= 4 is 21.6 Å². The van der Waals surface area contributed by atoms with Crippen molar-refractivity contribution in [1.29, 1.82) is 0 Å². The van der Waals surface area contributed by atoms with Crippen LogP contribution in [0.25, 0.3) is 0 Å². The Morgan fingerprint density at radius 3 is 2.60 bits per heavy atom. The summed E-state index contributed by atoms with van der Waals surface area (Å²) in [4.78, 5) is 15.0. The van der Waals surface area contributed by atoms with Crippen LogP contribution in [0.3, 0.4) is 0 Å². The molecule has 1 atom stereocenters. The molecule has 0 bridgehead atoms. The third kappa shape index (κ3) is 6.34. The number of rotatable bonds is 9. The maximum absolute atomic E-state index is 12.9. The van der Waals surface area contributed by atoms with E-state index in [-0.39, 0.29) is 10.8 Å². The van der Waals surface area contributed by atoms with Crippen molar-refractivity contribution in [3.05, 3.63) is 78.1 Å². The van der Waals surface area contributed by atoms with Crippen molar-refractivity contribution in [2.45, 2.75) is 31.0 Å². The quantitative estimate of drug-likeness (QED) is 0.488. The lowest BCUT2D eigenvalue weighted by Gasteiger charge is -2.26. The maximum atomic E-state index is 12.9. The molecule has 1 saturated heterocycles. The molecule has 9 nitrogen and oxygen atoms in total. The largest absolute Gasteiger partial charge is 0.379 e. The lowest BCUT2D eigenvalue weighted by Crippen LogP contribution is -2.40. The number of likely N-dealkylation sites (N-methyl/N-ethyl adjacent to an activating group) is 1.